The normalized spacial score (nSPS) is 15.4. The Hall–Kier alpha value is -0.870. The third-order valence-corrected chi connectivity index (χ3v) is 2.15. The maximum Gasteiger partial charge on any atom is 0.0784 e. The molecule has 1 aromatic heterocycles. The largest absolute Gasteiger partial charge is 0.389 e. The van der Waals surface area contributed by atoms with Crippen LogP contribution >= 0.6 is 0 Å². The predicted molar refractivity (Wildman–Crippen MR) is 56.2 cm³/mol. The van der Waals surface area contributed by atoms with E-state index < -0.39 is 5.60 Å². The van der Waals surface area contributed by atoms with Gasteiger partial charge in [0.05, 0.1) is 11.8 Å². The van der Waals surface area contributed by atoms with E-state index in [0.29, 0.717) is 13.0 Å². The van der Waals surface area contributed by atoms with Gasteiger partial charge in [0.1, 0.15) is 0 Å². The average Bonchev–Trinajstić information content (AvgIpc) is 2.51. The highest BCUT2D eigenvalue weighted by Gasteiger charge is 2.20. The topological polar surface area (TPSA) is 50.1 Å². The Kier molecular flexibility index (Phi) is 3.66. The number of likely N-dealkylation sites (N-methyl/N-ethyl adjacent to an activating group) is 1. The van der Waals surface area contributed by atoms with Crippen molar-refractivity contribution in [2.75, 3.05) is 13.6 Å². The molecule has 14 heavy (non-hydrogen) atoms. The summed E-state index contributed by atoms with van der Waals surface area (Å²) in [5, 5.41) is 17.1. The SMILES string of the molecule is CCn1cc(CC(C)(O)CNC)cn1. The van der Waals surface area contributed by atoms with E-state index in [4.69, 9.17) is 0 Å². The summed E-state index contributed by atoms with van der Waals surface area (Å²) in [7, 11) is 1.84. The maximum atomic E-state index is 9.95. The zero-order chi connectivity index (χ0) is 10.6. The Bertz CT molecular complexity index is 281. The van der Waals surface area contributed by atoms with Gasteiger partial charge in [-0.3, -0.25) is 4.68 Å². The van der Waals surface area contributed by atoms with Crippen molar-refractivity contribution < 1.29 is 5.11 Å². The Labute approximate surface area is 84.9 Å². The van der Waals surface area contributed by atoms with Crippen molar-refractivity contribution in [2.45, 2.75) is 32.4 Å². The quantitative estimate of drug-likeness (QED) is 0.719. The highest BCUT2D eigenvalue weighted by molar-refractivity contribution is 5.08. The Morgan fingerprint density at radius 2 is 2.36 bits per heavy atom. The Balaban J connectivity index is 2.58. The first kappa shape index (κ1) is 11.2. The van der Waals surface area contributed by atoms with E-state index >= 15 is 0 Å². The molecule has 0 spiro atoms. The number of aliphatic hydroxyl groups is 1. The van der Waals surface area contributed by atoms with Crippen LogP contribution in [0.15, 0.2) is 12.4 Å². The lowest BCUT2D eigenvalue weighted by molar-refractivity contribution is 0.0622. The van der Waals surface area contributed by atoms with E-state index in [0.717, 1.165) is 12.1 Å². The van der Waals surface area contributed by atoms with Gasteiger partial charge in [-0.2, -0.15) is 5.10 Å². The van der Waals surface area contributed by atoms with Gasteiger partial charge in [0.25, 0.3) is 0 Å². The molecule has 1 aromatic rings. The maximum absolute atomic E-state index is 9.95. The van der Waals surface area contributed by atoms with Crippen LogP contribution in [0.2, 0.25) is 0 Å². The first-order valence-electron chi connectivity index (χ1n) is 4.95. The Morgan fingerprint density at radius 3 is 2.86 bits per heavy atom. The monoisotopic (exact) mass is 197 g/mol. The summed E-state index contributed by atoms with van der Waals surface area (Å²) >= 11 is 0. The van der Waals surface area contributed by atoms with Crippen molar-refractivity contribution in [3.63, 3.8) is 0 Å². The van der Waals surface area contributed by atoms with E-state index in [2.05, 4.69) is 10.4 Å². The third-order valence-electron chi connectivity index (χ3n) is 2.15. The molecule has 80 valence electrons. The van der Waals surface area contributed by atoms with Gasteiger partial charge >= 0.3 is 0 Å². The molecule has 2 N–H and O–H groups in total. The highest BCUT2D eigenvalue weighted by Crippen LogP contribution is 2.11. The lowest BCUT2D eigenvalue weighted by Gasteiger charge is -2.21. The van der Waals surface area contributed by atoms with E-state index in [1.54, 1.807) is 0 Å². The number of aryl methyl sites for hydroxylation is 1. The highest BCUT2D eigenvalue weighted by atomic mass is 16.3. The molecule has 4 heteroatoms. The first-order chi connectivity index (χ1) is 6.57. The van der Waals surface area contributed by atoms with Gasteiger partial charge in [0, 0.05) is 25.7 Å². The van der Waals surface area contributed by atoms with Gasteiger partial charge in [-0.15, -0.1) is 0 Å². The van der Waals surface area contributed by atoms with E-state index in [1.807, 2.05) is 38.0 Å². The molecule has 0 saturated heterocycles. The van der Waals surface area contributed by atoms with Gasteiger partial charge in [0.15, 0.2) is 0 Å². The van der Waals surface area contributed by atoms with Crippen LogP contribution in [0.5, 0.6) is 0 Å². The van der Waals surface area contributed by atoms with Crippen molar-refractivity contribution in [1.29, 1.82) is 0 Å². The molecular weight excluding hydrogens is 178 g/mol. The van der Waals surface area contributed by atoms with Crippen LogP contribution in [0.3, 0.4) is 0 Å². The van der Waals surface area contributed by atoms with Gasteiger partial charge in [-0.25, -0.2) is 0 Å². The second-order valence-electron chi connectivity index (χ2n) is 3.91. The lowest BCUT2D eigenvalue weighted by Crippen LogP contribution is -2.38. The molecule has 0 radical (unpaired) electrons. The molecule has 0 aliphatic heterocycles. The van der Waals surface area contributed by atoms with Crippen LogP contribution in [-0.2, 0) is 13.0 Å². The van der Waals surface area contributed by atoms with Crippen molar-refractivity contribution in [3.05, 3.63) is 18.0 Å². The summed E-state index contributed by atoms with van der Waals surface area (Å²) in [5.74, 6) is 0. The fraction of sp³-hybridized carbons (Fsp3) is 0.700. The molecular formula is C10H19N3O. The second kappa shape index (κ2) is 4.57. The molecule has 1 unspecified atom stereocenters. The minimum Gasteiger partial charge on any atom is -0.389 e. The fourth-order valence-corrected chi connectivity index (χ4v) is 1.55. The van der Waals surface area contributed by atoms with Gasteiger partial charge in [-0.1, -0.05) is 0 Å². The molecule has 0 amide bonds. The molecule has 0 aromatic carbocycles. The summed E-state index contributed by atoms with van der Waals surface area (Å²) in [4.78, 5) is 0. The van der Waals surface area contributed by atoms with Gasteiger partial charge in [0.2, 0.25) is 0 Å². The summed E-state index contributed by atoms with van der Waals surface area (Å²) in [6.07, 6.45) is 4.42. The summed E-state index contributed by atoms with van der Waals surface area (Å²) in [5.41, 5.74) is 0.378. The summed E-state index contributed by atoms with van der Waals surface area (Å²) < 4.78 is 1.87. The third kappa shape index (κ3) is 3.12. The molecule has 0 saturated carbocycles. The van der Waals surface area contributed by atoms with Crippen LogP contribution in [0, 0.1) is 0 Å². The number of nitrogens with zero attached hydrogens (tertiary/aromatic N) is 2. The predicted octanol–water partition coefficient (Wildman–Crippen LogP) is 0.416. The number of rotatable bonds is 5. The van der Waals surface area contributed by atoms with E-state index in [9.17, 15) is 5.11 Å². The lowest BCUT2D eigenvalue weighted by atomic mass is 9.99. The molecule has 0 aliphatic carbocycles. The van der Waals surface area contributed by atoms with E-state index in [-0.39, 0.29) is 0 Å². The first-order valence-corrected chi connectivity index (χ1v) is 4.95. The number of nitrogens with one attached hydrogen (secondary N) is 1. The zero-order valence-corrected chi connectivity index (χ0v) is 9.12. The van der Waals surface area contributed by atoms with Crippen LogP contribution < -0.4 is 5.32 Å². The second-order valence-corrected chi connectivity index (χ2v) is 3.91. The number of hydrogen-bond acceptors (Lipinski definition) is 3. The average molecular weight is 197 g/mol. The smallest absolute Gasteiger partial charge is 0.0784 e. The molecule has 1 rings (SSSR count). The van der Waals surface area contributed by atoms with Crippen LogP contribution in [0.4, 0.5) is 0 Å². The molecule has 4 nitrogen and oxygen atoms in total. The molecule has 0 fully saturated rings. The molecule has 0 bridgehead atoms. The van der Waals surface area contributed by atoms with Crippen LogP contribution in [0.25, 0.3) is 0 Å². The van der Waals surface area contributed by atoms with Crippen molar-refractivity contribution >= 4 is 0 Å². The fourth-order valence-electron chi connectivity index (χ4n) is 1.55. The van der Waals surface area contributed by atoms with Crippen molar-refractivity contribution in [1.82, 2.24) is 15.1 Å². The minimum atomic E-state index is -0.698. The molecule has 1 heterocycles. The van der Waals surface area contributed by atoms with Gasteiger partial charge < -0.3 is 10.4 Å². The summed E-state index contributed by atoms with van der Waals surface area (Å²) in [6.45, 7) is 5.33. The number of aromatic nitrogens is 2. The number of hydrogen-bond donors (Lipinski definition) is 2. The van der Waals surface area contributed by atoms with Gasteiger partial charge in [-0.05, 0) is 26.5 Å². The standard InChI is InChI=1S/C10H19N3O/c1-4-13-7-9(6-12-13)5-10(2,14)8-11-3/h6-7,11,14H,4-5,8H2,1-3H3. The zero-order valence-electron chi connectivity index (χ0n) is 9.12. The summed E-state index contributed by atoms with van der Waals surface area (Å²) in [6, 6.07) is 0. The van der Waals surface area contributed by atoms with Crippen molar-refractivity contribution in [2.24, 2.45) is 0 Å². The van der Waals surface area contributed by atoms with E-state index in [1.165, 1.54) is 0 Å². The molecule has 0 aliphatic rings. The van der Waals surface area contributed by atoms with Crippen LogP contribution in [-0.4, -0.2) is 34.1 Å². The Morgan fingerprint density at radius 1 is 1.64 bits per heavy atom. The minimum absolute atomic E-state index is 0.588. The molecule has 1 atom stereocenters. The van der Waals surface area contributed by atoms with Crippen molar-refractivity contribution in [3.8, 4) is 0 Å². The van der Waals surface area contributed by atoms with Crippen LogP contribution in [0.1, 0.15) is 19.4 Å².